The first-order valence-electron chi connectivity index (χ1n) is 14.1. The minimum atomic E-state index is -0.359. The van der Waals surface area contributed by atoms with Crippen LogP contribution in [0, 0.1) is 12.3 Å². The van der Waals surface area contributed by atoms with Crippen molar-refractivity contribution in [2.75, 3.05) is 77.7 Å². The fraction of sp³-hybridized carbons (Fsp3) is 0.586. The zero-order chi connectivity index (χ0) is 31.1. The lowest BCUT2D eigenvalue weighted by Gasteiger charge is -2.28. The summed E-state index contributed by atoms with van der Waals surface area (Å²) in [6.45, 7) is 4.36. The van der Waals surface area contributed by atoms with E-state index in [4.69, 9.17) is 58.1 Å². The van der Waals surface area contributed by atoms with Gasteiger partial charge in [-0.2, -0.15) is 11.8 Å². The molecule has 1 saturated heterocycles. The highest BCUT2D eigenvalue weighted by atomic mass is 35.5. The molecule has 1 heterocycles. The molecule has 1 aromatic carbocycles. The summed E-state index contributed by atoms with van der Waals surface area (Å²) in [6, 6.07) is 7.64. The van der Waals surface area contributed by atoms with Crippen molar-refractivity contribution < 1.29 is 28.6 Å². The molecule has 0 spiro atoms. The molecular weight excluding hydrogens is 613 g/mol. The van der Waals surface area contributed by atoms with Gasteiger partial charge < -0.3 is 44.9 Å². The summed E-state index contributed by atoms with van der Waals surface area (Å²) in [5.74, 6) is 4.04. The topological polar surface area (TPSA) is 146 Å². The Kier molecular flexibility index (Phi) is 20.3. The molecule has 5 N–H and O–H groups in total. The van der Waals surface area contributed by atoms with Crippen LogP contribution in [0.4, 0.5) is 0 Å². The van der Waals surface area contributed by atoms with Crippen molar-refractivity contribution in [1.82, 2.24) is 4.90 Å². The van der Waals surface area contributed by atoms with Gasteiger partial charge in [-0.25, -0.2) is 4.99 Å². The van der Waals surface area contributed by atoms with Crippen LogP contribution < -0.4 is 11.5 Å². The molecule has 0 bridgehead atoms. The molecule has 0 amide bonds. The van der Waals surface area contributed by atoms with E-state index in [-0.39, 0.29) is 33.6 Å². The Labute approximate surface area is 266 Å². The van der Waals surface area contributed by atoms with Crippen LogP contribution in [0.3, 0.4) is 0 Å². The second-order valence-corrected chi connectivity index (χ2v) is 11.8. The van der Waals surface area contributed by atoms with E-state index >= 15 is 0 Å². The zero-order valence-electron chi connectivity index (χ0n) is 24.8. The highest BCUT2D eigenvalue weighted by Gasteiger charge is 2.26. The van der Waals surface area contributed by atoms with E-state index in [1.165, 1.54) is 6.20 Å². The largest absolute Gasteiger partial charge is 0.404 e. The highest BCUT2D eigenvalue weighted by molar-refractivity contribution is 8.03. The molecule has 3 unspecified atom stereocenters. The van der Waals surface area contributed by atoms with E-state index in [2.05, 4.69) is 15.9 Å². The Bertz CT molecular complexity index is 1060. The van der Waals surface area contributed by atoms with Crippen LogP contribution in [0.25, 0.3) is 0 Å². The van der Waals surface area contributed by atoms with E-state index in [1.807, 2.05) is 29.2 Å². The maximum absolute atomic E-state index is 9.04. The van der Waals surface area contributed by atoms with Gasteiger partial charge in [0, 0.05) is 51.4 Å². The summed E-state index contributed by atoms with van der Waals surface area (Å²) in [6.07, 6.45) is 7.91. The Hall–Kier alpha value is -1.91. The predicted molar refractivity (Wildman–Crippen MR) is 177 cm³/mol. The van der Waals surface area contributed by atoms with Gasteiger partial charge >= 0.3 is 0 Å². The SMILES string of the molecule is C#CCOCCOCCOCCOCCN(Cc1ccccc1Cl)C(=NC)C(=CN)C(N)=NC1CCC(CSCPO)O1. The van der Waals surface area contributed by atoms with E-state index in [0.29, 0.717) is 81.3 Å². The monoisotopic (exact) mass is 657 g/mol. The molecule has 11 nitrogen and oxygen atoms in total. The van der Waals surface area contributed by atoms with Crippen LogP contribution in [0.5, 0.6) is 0 Å². The first-order valence-corrected chi connectivity index (χ1v) is 16.8. The summed E-state index contributed by atoms with van der Waals surface area (Å²) in [4.78, 5) is 20.2. The number of thioether (sulfide) groups is 1. The number of terminal acetylenes is 1. The fourth-order valence-electron chi connectivity index (χ4n) is 4.13. The van der Waals surface area contributed by atoms with Gasteiger partial charge in [-0.3, -0.25) is 4.99 Å². The summed E-state index contributed by atoms with van der Waals surface area (Å²) in [5, 5.41) is 0.645. The Morgan fingerprint density at radius 1 is 1.16 bits per heavy atom. The third-order valence-corrected chi connectivity index (χ3v) is 8.47. The number of hydrogen-bond acceptors (Lipinski definition) is 10. The van der Waals surface area contributed by atoms with Gasteiger partial charge in [0.05, 0.1) is 57.9 Å². The molecule has 0 aliphatic carbocycles. The van der Waals surface area contributed by atoms with Crippen molar-refractivity contribution in [3.63, 3.8) is 0 Å². The van der Waals surface area contributed by atoms with E-state index in [9.17, 15) is 0 Å². The summed E-state index contributed by atoms with van der Waals surface area (Å²) < 4.78 is 28.0. The van der Waals surface area contributed by atoms with Crippen LogP contribution in [0.1, 0.15) is 18.4 Å². The Balaban J connectivity index is 1.92. The van der Waals surface area contributed by atoms with E-state index < -0.39 is 0 Å². The molecule has 0 saturated carbocycles. The number of benzene rings is 1. The average molecular weight is 658 g/mol. The fourth-order valence-corrected chi connectivity index (χ4v) is 5.67. The van der Waals surface area contributed by atoms with Crippen molar-refractivity contribution >= 4 is 43.8 Å². The molecule has 2 rings (SSSR count). The normalized spacial score (nSPS) is 18.0. The molecule has 0 radical (unpaired) electrons. The number of nitrogens with zero attached hydrogens (tertiary/aromatic N) is 3. The Morgan fingerprint density at radius 2 is 1.84 bits per heavy atom. The number of aliphatic imine (C=N–C) groups is 2. The zero-order valence-corrected chi connectivity index (χ0v) is 27.4. The molecule has 1 aromatic rings. The number of hydrogen-bond donors (Lipinski definition) is 3. The number of nitrogens with two attached hydrogens (primary N) is 2. The van der Waals surface area contributed by atoms with E-state index in [0.717, 1.165) is 24.2 Å². The van der Waals surface area contributed by atoms with Crippen molar-refractivity contribution in [3.05, 3.63) is 46.6 Å². The molecule has 240 valence electrons. The van der Waals surface area contributed by atoms with Gasteiger partial charge in [0.25, 0.3) is 0 Å². The standard InChI is InChI=1S/C29H45ClN5O6PS/c1-3-11-37-13-15-39-17-18-40-16-14-38-12-10-35(20-23-6-4-5-7-26(23)30)29(33-2)25(19-31)28(32)34-27-9-8-24(41-27)21-43-22-42-36/h1,4-7,19,24,27,36,42H,8-18,20-22,31H2,2H3,(H2,32,34). The molecule has 14 heteroatoms. The molecule has 0 aromatic heterocycles. The van der Waals surface area contributed by atoms with Gasteiger partial charge in [-0.05, 0) is 24.5 Å². The molecule has 3 atom stereocenters. The molecule has 43 heavy (non-hydrogen) atoms. The van der Waals surface area contributed by atoms with Gasteiger partial charge in [0.2, 0.25) is 0 Å². The number of ether oxygens (including phenoxy) is 5. The smallest absolute Gasteiger partial charge is 0.151 e. The third-order valence-electron chi connectivity index (χ3n) is 6.16. The minimum Gasteiger partial charge on any atom is -0.404 e. The predicted octanol–water partition coefficient (Wildman–Crippen LogP) is 2.85. The van der Waals surface area contributed by atoms with Crippen LogP contribution in [0.15, 0.2) is 46.0 Å². The third kappa shape index (κ3) is 15.1. The van der Waals surface area contributed by atoms with E-state index in [1.54, 1.807) is 18.8 Å². The first-order chi connectivity index (χ1) is 21.0. The molecule has 1 fully saturated rings. The second kappa shape index (κ2) is 23.5. The lowest BCUT2D eigenvalue weighted by atomic mass is 10.1. The van der Waals surface area contributed by atoms with Gasteiger partial charge in [0.1, 0.15) is 18.3 Å². The highest BCUT2D eigenvalue weighted by Crippen LogP contribution is 2.26. The van der Waals surface area contributed by atoms with Crippen molar-refractivity contribution in [2.45, 2.75) is 31.7 Å². The molecular formula is C29H45ClN5O6PS. The first kappa shape index (κ1) is 37.3. The van der Waals surface area contributed by atoms with Crippen LogP contribution in [0.2, 0.25) is 5.02 Å². The second-order valence-electron chi connectivity index (χ2n) is 9.21. The van der Waals surface area contributed by atoms with Gasteiger partial charge in [0.15, 0.2) is 6.23 Å². The maximum atomic E-state index is 9.04. The quantitative estimate of drug-likeness (QED) is 0.0559. The number of amidine groups is 2. The Morgan fingerprint density at radius 3 is 2.47 bits per heavy atom. The summed E-state index contributed by atoms with van der Waals surface area (Å²) in [5.41, 5.74) is 14.7. The summed E-state index contributed by atoms with van der Waals surface area (Å²) in [7, 11) is 1.62. The van der Waals surface area contributed by atoms with Crippen molar-refractivity contribution in [1.29, 1.82) is 0 Å². The average Bonchev–Trinajstić information content (AvgIpc) is 3.45. The molecule has 1 aliphatic rings. The summed E-state index contributed by atoms with van der Waals surface area (Å²) >= 11 is 8.16. The van der Waals surface area contributed by atoms with Crippen molar-refractivity contribution in [2.24, 2.45) is 21.5 Å². The molecule has 1 aliphatic heterocycles. The van der Waals surface area contributed by atoms with Crippen molar-refractivity contribution in [3.8, 4) is 12.3 Å². The maximum Gasteiger partial charge on any atom is 0.151 e. The lowest BCUT2D eigenvalue weighted by molar-refractivity contribution is 0.000219. The lowest BCUT2D eigenvalue weighted by Crippen LogP contribution is -2.39. The van der Waals surface area contributed by atoms with Gasteiger partial charge in [-0.1, -0.05) is 35.7 Å². The number of rotatable bonds is 22. The van der Waals surface area contributed by atoms with Crippen LogP contribution >= 0.6 is 32.2 Å². The minimum absolute atomic E-state index is 0.0670. The van der Waals surface area contributed by atoms with Crippen LogP contribution in [-0.4, -0.2) is 111 Å². The van der Waals surface area contributed by atoms with Gasteiger partial charge in [-0.15, -0.1) is 6.42 Å². The number of halogens is 1. The van der Waals surface area contributed by atoms with Crippen LogP contribution in [-0.2, 0) is 30.2 Å².